The molecule has 1 amide bonds. The molecule has 0 bridgehead atoms. The Kier molecular flexibility index (Phi) is 7.22. The van der Waals surface area contributed by atoms with Crippen LogP contribution in [0.3, 0.4) is 0 Å². The van der Waals surface area contributed by atoms with Crippen LogP contribution in [0.15, 0.2) is 78.9 Å². The second-order valence-corrected chi connectivity index (χ2v) is 8.45. The Labute approximate surface area is 209 Å². The summed E-state index contributed by atoms with van der Waals surface area (Å²) in [6.45, 7) is 3.77. The Balaban J connectivity index is 1.79. The maximum absolute atomic E-state index is 12.5. The molecule has 0 spiro atoms. The lowest BCUT2D eigenvalue weighted by Gasteiger charge is -2.18. The number of methoxy groups -OCH3 is 1. The molecular weight excluding hydrogens is 464 g/mol. The molecule has 7 heteroatoms. The Hall–Kier alpha value is -4.03. The van der Waals surface area contributed by atoms with Crippen LogP contribution in [0.1, 0.15) is 28.5 Å². The van der Waals surface area contributed by atoms with Crippen molar-refractivity contribution in [1.82, 2.24) is 4.57 Å². The van der Waals surface area contributed by atoms with Crippen molar-refractivity contribution in [2.75, 3.05) is 12.4 Å². The van der Waals surface area contributed by atoms with E-state index in [1.165, 1.54) is 14.0 Å². The van der Waals surface area contributed by atoms with Crippen LogP contribution in [0.5, 0.6) is 5.75 Å². The highest BCUT2D eigenvalue weighted by atomic mass is 35.5. The number of nitrogens with zero attached hydrogens (tertiary/aromatic N) is 1. The molecule has 1 aromatic heterocycles. The first-order chi connectivity index (χ1) is 16.9. The highest BCUT2D eigenvalue weighted by Crippen LogP contribution is 2.36. The number of halogens is 1. The molecule has 178 valence electrons. The molecule has 0 aliphatic heterocycles. The number of nitrogens with one attached hydrogen (secondary N) is 1. The second-order valence-electron chi connectivity index (χ2n) is 8.01. The van der Waals surface area contributed by atoms with Crippen molar-refractivity contribution in [1.29, 1.82) is 0 Å². The van der Waals surface area contributed by atoms with Gasteiger partial charge in [-0.3, -0.25) is 4.79 Å². The number of anilines is 1. The smallest absolute Gasteiger partial charge is 0.340 e. The quantitative estimate of drug-likeness (QED) is 0.304. The normalized spacial score (nSPS) is 10.6. The number of esters is 1. The molecule has 4 rings (SSSR count). The molecule has 0 aliphatic rings. The summed E-state index contributed by atoms with van der Waals surface area (Å²) in [4.78, 5) is 24.1. The van der Waals surface area contributed by atoms with Gasteiger partial charge in [0.2, 0.25) is 5.91 Å². The zero-order valence-corrected chi connectivity index (χ0v) is 20.4. The van der Waals surface area contributed by atoms with Crippen LogP contribution in [-0.4, -0.2) is 23.6 Å². The summed E-state index contributed by atoms with van der Waals surface area (Å²) < 4.78 is 13.1. The summed E-state index contributed by atoms with van der Waals surface area (Å²) in [5.74, 6) is -0.142. The predicted molar refractivity (Wildman–Crippen MR) is 137 cm³/mol. The lowest BCUT2D eigenvalue weighted by Crippen LogP contribution is -2.13. The van der Waals surface area contributed by atoms with E-state index in [0.29, 0.717) is 23.1 Å². The Bertz CT molecular complexity index is 1380. The second kappa shape index (κ2) is 10.5. The molecule has 0 saturated heterocycles. The molecule has 0 atom stereocenters. The maximum Gasteiger partial charge on any atom is 0.340 e. The number of carbonyl (C=O) groups excluding carboxylic acids is 2. The first-order valence-corrected chi connectivity index (χ1v) is 11.4. The van der Waals surface area contributed by atoms with Gasteiger partial charge in [0.05, 0.1) is 24.1 Å². The minimum Gasteiger partial charge on any atom is -0.488 e. The molecule has 1 N–H and O–H groups in total. The molecule has 0 aliphatic carbocycles. The van der Waals surface area contributed by atoms with Crippen molar-refractivity contribution in [3.05, 3.63) is 101 Å². The van der Waals surface area contributed by atoms with E-state index in [2.05, 4.69) is 5.32 Å². The van der Waals surface area contributed by atoms with E-state index in [1.54, 1.807) is 18.2 Å². The van der Waals surface area contributed by atoms with Gasteiger partial charge in [0, 0.05) is 28.9 Å². The number of aromatic nitrogens is 1. The average Bonchev–Trinajstić information content (AvgIpc) is 3.24. The summed E-state index contributed by atoms with van der Waals surface area (Å²) in [6, 6.07) is 24.6. The number of rotatable bonds is 7. The number of hydrogen-bond acceptors (Lipinski definition) is 4. The van der Waals surface area contributed by atoms with Crippen LogP contribution in [0, 0.1) is 6.92 Å². The van der Waals surface area contributed by atoms with Crippen molar-refractivity contribution < 1.29 is 19.1 Å². The van der Waals surface area contributed by atoms with Gasteiger partial charge in [0.15, 0.2) is 0 Å². The minimum atomic E-state index is -0.545. The van der Waals surface area contributed by atoms with E-state index in [-0.39, 0.29) is 11.5 Å². The van der Waals surface area contributed by atoms with Crippen LogP contribution < -0.4 is 10.1 Å². The zero-order valence-electron chi connectivity index (χ0n) is 19.7. The van der Waals surface area contributed by atoms with E-state index in [4.69, 9.17) is 21.1 Å². The van der Waals surface area contributed by atoms with Crippen LogP contribution in [0.4, 0.5) is 5.69 Å². The summed E-state index contributed by atoms with van der Waals surface area (Å²) >= 11 is 6.38. The molecular formula is C28H25ClN2O4. The van der Waals surface area contributed by atoms with E-state index < -0.39 is 5.97 Å². The van der Waals surface area contributed by atoms with Crippen molar-refractivity contribution in [3.8, 4) is 22.7 Å². The van der Waals surface area contributed by atoms with Crippen molar-refractivity contribution >= 4 is 29.2 Å². The monoisotopic (exact) mass is 488 g/mol. The fourth-order valence-electron chi connectivity index (χ4n) is 3.90. The van der Waals surface area contributed by atoms with E-state index in [1.807, 2.05) is 72.2 Å². The largest absolute Gasteiger partial charge is 0.488 e. The van der Waals surface area contributed by atoms with Gasteiger partial charge in [-0.1, -0.05) is 41.9 Å². The van der Waals surface area contributed by atoms with Crippen molar-refractivity contribution in [2.24, 2.45) is 0 Å². The van der Waals surface area contributed by atoms with Crippen molar-refractivity contribution in [2.45, 2.75) is 20.5 Å². The van der Waals surface area contributed by atoms with Gasteiger partial charge in [-0.2, -0.15) is 0 Å². The SMILES string of the molecule is COC(=O)c1cc(-n2c(C)ccc2-c2cc(Cl)ccc2OCc2ccccc2)ccc1NC(C)=O. The molecule has 4 aromatic rings. The van der Waals surface area contributed by atoms with E-state index in [0.717, 1.165) is 28.2 Å². The summed E-state index contributed by atoms with van der Waals surface area (Å²) in [5, 5.41) is 3.26. The maximum atomic E-state index is 12.5. The molecule has 1 heterocycles. The topological polar surface area (TPSA) is 69.6 Å². The van der Waals surface area contributed by atoms with Crippen LogP contribution in [0.2, 0.25) is 5.02 Å². The van der Waals surface area contributed by atoms with Gasteiger partial charge in [-0.15, -0.1) is 0 Å². The van der Waals surface area contributed by atoms with Crippen molar-refractivity contribution in [3.63, 3.8) is 0 Å². The van der Waals surface area contributed by atoms with Gasteiger partial charge >= 0.3 is 5.97 Å². The minimum absolute atomic E-state index is 0.255. The Morgan fingerprint density at radius 3 is 2.46 bits per heavy atom. The molecule has 0 radical (unpaired) electrons. The molecule has 6 nitrogen and oxygen atoms in total. The molecule has 35 heavy (non-hydrogen) atoms. The lowest BCUT2D eigenvalue weighted by atomic mass is 10.1. The third kappa shape index (κ3) is 5.39. The molecule has 0 fully saturated rings. The van der Waals surface area contributed by atoms with Crippen LogP contribution >= 0.6 is 11.6 Å². The Morgan fingerprint density at radius 1 is 0.971 bits per heavy atom. The molecule has 3 aromatic carbocycles. The average molecular weight is 489 g/mol. The van der Waals surface area contributed by atoms with Crippen LogP contribution in [-0.2, 0) is 16.1 Å². The van der Waals surface area contributed by atoms with Gasteiger partial charge in [0.1, 0.15) is 12.4 Å². The van der Waals surface area contributed by atoms with Crippen LogP contribution in [0.25, 0.3) is 16.9 Å². The Morgan fingerprint density at radius 2 is 1.74 bits per heavy atom. The summed E-state index contributed by atoms with van der Waals surface area (Å²) in [5.41, 5.74) is 5.02. The lowest BCUT2D eigenvalue weighted by molar-refractivity contribution is -0.114. The highest BCUT2D eigenvalue weighted by Gasteiger charge is 2.19. The highest BCUT2D eigenvalue weighted by molar-refractivity contribution is 6.31. The van der Waals surface area contributed by atoms with Gasteiger partial charge in [0.25, 0.3) is 0 Å². The standard InChI is InChI=1S/C28H25ClN2O4/c1-18-9-13-26(24-15-21(29)10-14-27(24)35-17-20-7-5-4-6-8-20)31(18)22-11-12-25(30-19(2)32)23(16-22)28(33)34-3/h4-16H,17H2,1-3H3,(H,30,32). The number of benzene rings is 3. The number of aryl methyl sites for hydroxylation is 1. The number of ether oxygens (including phenoxy) is 2. The first kappa shape index (κ1) is 24.1. The zero-order chi connectivity index (χ0) is 24.9. The van der Waals surface area contributed by atoms with Gasteiger partial charge in [-0.05, 0) is 61.0 Å². The van der Waals surface area contributed by atoms with E-state index >= 15 is 0 Å². The third-order valence-corrected chi connectivity index (χ3v) is 5.74. The van der Waals surface area contributed by atoms with Gasteiger partial charge < -0.3 is 19.4 Å². The fourth-order valence-corrected chi connectivity index (χ4v) is 4.08. The molecule has 0 saturated carbocycles. The van der Waals surface area contributed by atoms with Gasteiger partial charge in [-0.25, -0.2) is 4.79 Å². The third-order valence-electron chi connectivity index (χ3n) is 5.51. The first-order valence-electron chi connectivity index (χ1n) is 11.0. The number of carbonyl (C=O) groups is 2. The number of amides is 1. The number of hydrogen-bond donors (Lipinski definition) is 1. The summed E-state index contributed by atoms with van der Waals surface area (Å²) in [7, 11) is 1.31. The molecule has 0 unspecified atom stereocenters. The summed E-state index contributed by atoms with van der Waals surface area (Å²) in [6.07, 6.45) is 0. The van der Waals surface area contributed by atoms with E-state index in [9.17, 15) is 9.59 Å². The predicted octanol–water partition coefficient (Wildman–Crippen LogP) is 6.43. The fraction of sp³-hybridized carbons (Fsp3) is 0.143.